The van der Waals surface area contributed by atoms with Crippen molar-refractivity contribution < 1.29 is 0 Å². The predicted octanol–water partition coefficient (Wildman–Crippen LogP) is 13.6. The fourth-order valence-electron chi connectivity index (χ4n) is 8.62. The molecule has 0 aliphatic heterocycles. The Balaban J connectivity index is 1.34. The topological polar surface area (TPSA) is 0 Å². The van der Waals surface area contributed by atoms with Crippen LogP contribution in [0.25, 0.3) is 84.6 Å². The molecule has 0 saturated heterocycles. The zero-order chi connectivity index (χ0) is 33.7. The van der Waals surface area contributed by atoms with Gasteiger partial charge in [-0.25, -0.2) is 0 Å². The summed E-state index contributed by atoms with van der Waals surface area (Å²) in [7, 11) is 0. The van der Waals surface area contributed by atoms with Crippen molar-refractivity contribution in [2.45, 2.75) is 52.4 Å². The third-order valence-corrected chi connectivity index (χ3v) is 12.9. The molecule has 238 valence electrons. The van der Waals surface area contributed by atoms with E-state index in [2.05, 4.69) is 175 Å². The van der Waals surface area contributed by atoms with E-state index >= 15 is 0 Å². The molecule has 0 radical (unpaired) electrons. The van der Waals surface area contributed by atoms with Crippen LogP contribution in [0, 0.1) is 0 Å². The zero-order valence-electron chi connectivity index (χ0n) is 29.1. The summed E-state index contributed by atoms with van der Waals surface area (Å²) in [6, 6.07) is 50.6. The fourth-order valence-corrected chi connectivity index (χ4v) is 11.3. The second-order valence-electron chi connectivity index (χ2n) is 15.7. The molecule has 0 bridgehead atoms. The Bertz CT molecular complexity index is 2660. The van der Waals surface area contributed by atoms with Gasteiger partial charge in [0.2, 0.25) is 0 Å². The number of rotatable bonds is 2. The first-order valence-corrected chi connectivity index (χ1v) is 19.2. The molecule has 9 aromatic rings. The van der Waals surface area contributed by atoms with Crippen molar-refractivity contribution in [1.29, 1.82) is 0 Å². The Morgan fingerprint density at radius 3 is 1.22 bits per heavy atom. The Hall–Kier alpha value is -4.68. The van der Waals surface area contributed by atoms with Crippen LogP contribution in [0.5, 0.6) is 0 Å². The Morgan fingerprint density at radius 2 is 0.776 bits per heavy atom. The quantitative estimate of drug-likeness (QED) is 0.125. The maximum atomic E-state index is 2.52. The summed E-state index contributed by atoms with van der Waals surface area (Å²) in [4.78, 5) is 0. The third-order valence-electron chi connectivity index (χ3n) is 10.4. The fraction of sp³-hybridized carbons (Fsp3) is 0.167. The number of hydrogen-bond donors (Lipinski definition) is 0. The number of hydrogen-bond acceptors (Lipinski definition) is 0. The Labute approximate surface area is 294 Å². The Kier molecular flexibility index (Phi) is 6.77. The Morgan fingerprint density at radius 1 is 0.367 bits per heavy atom. The van der Waals surface area contributed by atoms with Gasteiger partial charge in [-0.3, -0.25) is 0 Å². The van der Waals surface area contributed by atoms with Crippen LogP contribution in [-0.2, 0) is 10.8 Å². The molecule has 0 spiro atoms. The molecule has 0 aliphatic carbocycles. The van der Waals surface area contributed by atoms with Gasteiger partial charge in [0.25, 0.3) is 0 Å². The average Bonchev–Trinajstić information content (AvgIpc) is 3.46. The van der Waals surface area contributed by atoms with Gasteiger partial charge in [-0.15, -0.1) is 0 Å². The van der Waals surface area contributed by atoms with Gasteiger partial charge in [0.05, 0.1) is 0 Å². The standard InChI is InChI=1S/C48H40Se/c1-47(2,3)44-35-20-11-7-16-31(35)42(32-17-8-12-21-36(32)44)29-26-27-30-39-24-15-25-40(46(39)49-41(30)28-29)43-33-18-9-13-22-37(33)45(48(4,5)6)38-23-14-10-19-34(38)43/h7-28H,1-6H3. The van der Waals surface area contributed by atoms with E-state index < -0.39 is 0 Å². The molecule has 0 aliphatic rings. The van der Waals surface area contributed by atoms with E-state index in [0.29, 0.717) is 0 Å². The molecule has 0 saturated carbocycles. The van der Waals surface area contributed by atoms with Gasteiger partial charge < -0.3 is 0 Å². The molecule has 0 amide bonds. The minimum absolute atomic E-state index is 0.0202. The van der Waals surface area contributed by atoms with Crippen LogP contribution < -0.4 is 0 Å². The molecule has 1 heterocycles. The first-order valence-electron chi connectivity index (χ1n) is 17.4. The normalized spacial score (nSPS) is 12.7. The monoisotopic (exact) mass is 696 g/mol. The summed E-state index contributed by atoms with van der Waals surface area (Å²) in [6.07, 6.45) is 0. The van der Waals surface area contributed by atoms with Crippen molar-refractivity contribution >= 4 is 76.9 Å². The van der Waals surface area contributed by atoms with Crippen molar-refractivity contribution in [2.24, 2.45) is 0 Å². The third kappa shape index (κ3) is 4.64. The van der Waals surface area contributed by atoms with Crippen molar-refractivity contribution in [3.8, 4) is 22.3 Å². The second-order valence-corrected chi connectivity index (χ2v) is 17.9. The molecular formula is C48H40Se. The average molecular weight is 696 g/mol. The van der Waals surface area contributed by atoms with E-state index in [1.807, 2.05) is 0 Å². The molecule has 0 fully saturated rings. The molecule has 0 nitrogen and oxygen atoms in total. The van der Waals surface area contributed by atoms with Gasteiger partial charge in [0.1, 0.15) is 0 Å². The van der Waals surface area contributed by atoms with E-state index in [9.17, 15) is 0 Å². The van der Waals surface area contributed by atoms with Crippen molar-refractivity contribution in [2.75, 3.05) is 0 Å². The summed E-state index contributed by atoms with van der Waals surface area (Å²) < 4.78 is 2.97. The van der Waals surface area contributed by atoms with Crippen LogP contribution >= 0.6 is 0 Å². The summed E-state index contributed by atoms with van der Waals surface area (Å²) in [6.45, 7) is 14.1. The maximum absolute atomic E-state index is 2.52. The van der Waals surface area contributed by atoms with E-state index in [4.69, 9.17) is 0 Å². The van der Waals surface area contributed by atoms with Crippen molar-refractivity contribution in [1.82, 2.24) is 0 Å². The summed E-state index contributed by atoms with van der Waals surface area (Å²) >= 11 is 0.166. The van der Waals surface area contributed by atoms with Gasteiger partial charge in [-0.2, -0.15) is 0 Å². The molecule has 1 heteroatoms. The van der Waals surface area contributed by atoms with Crippen molar-refractivity contribution in [3.05, 3.63) is 145 Å². The summed E-state index contributed by atoms with van der Waals surface area (Å²) in [5.74, 6) is 0. The van der Waals surface area contributed by atoms with Crippen LogP contribution in [0.15, 0.2) is 133 Å². The van der Waals surface area contributed by atoms with Gasteiger partial charge in [0.15, 0.2) is 0 Å². The van der Waals surface area contributed by atoms with Crippen LogP contribution in [-0.4, -0.2) is 14.5 Å². The molecule has 1 aromatic heterocycles. The molecule has 9 rings (SSSR count). The van der Waals surface area contributed by atoms with Crippen LogP contribution in [0.4, 0.5) is 0 Å². The molecule has 0 atom stereocenters. The molecule has 0 N–H and O–H groups in total. The van der Waals surface area contributed by atoms with Crippen molar-refractivity contribution in [3.63, 3.8) is 0 Å². The molecule has 8 aromatic carbocycles. The first kappa shape index (κ1) is 30.4. The number of benzene rings is 8. The van der Waals surface area contributed by atoms with Crippen LogP contribution in [0.3, 0.4) is 0 Å². The minimum atomic E-state index is 0.0202. The summed E-state index contributed by atoms with van der Waals surface area (Å²) in [5.41, 5.74) is 8.33. The molecule has 0 unspecified atom stereocenters. The van der Waals surface area contributed by atoms with Gasteiger partial charge in [0, 0.05) is 0 Å². The van der Waals surface area contributed by atoms with Gasteiger partial charge in [-0.1, -0.05) is 0 Å². The van der Waals surface area contributed by atoms with E-state index in [-0.39, 0.29) is 25.3 Å². The SMILES string of the molecule is CC(C)(C)c1c2ccccc2c(-c2ccc3c(c2)[se]c2c(-c4c5ccccc5c(C(C)(C)C)c5ccccc45)cccc23)c2ccccc12. The van der Waals surface area contributed by atoms with Crippen LogP contribution in [0.1, 0.15) is 52.7 Å². The van der Waals surface area contributed by atoms with E-state index in [1.165, 1.54) is 95.8 Å². The molecular weight excluding hydrogens is 655 g/mol. The van der Waals surface area contributed by atoms with Crippen LogP contribution in [0.2, 0.25) is 0 Å². The van der Waals surface area contributed by atoms with E-state index in [1.54, 1.807) is 0 Å². The predicted molar refractivity (Wildman–Crippen MR) is 217 cm³/mol. The number of fused-ring (bicyclic) bond motifs is 7. The molecule has 49 heavy (non-hydrogen) atoms. The summed E-state index contributed by atoms with van der Waals surface area (Å²) in [5, 5.41) is 13.6. The second kappa shape index (κ2) is 10.9. The van der Waals surface area contributed by atoms with Gasteiger partial charge >= 0.3 is 296 Å². The zero-order valence-corrected chi connectivity index (χ0v) is 30.8. The van der Waals surface area contributed by atoms with E-state index in [0.717, 1.165) is 0 Å². The first-order chi connectivity index (χ1) is 23.6. The van der Waals surface area contributed by atoms with Gasteiger partial charge in [-0.05, 0) is 0 Å².